The van der Waals surface area contributed by atoms with E-state index in [0.29, 0.717) is 0 Å². The fraction of sp³-hybridized carbons (Fsp3) is 0.286. The average Bonchev–Trinajstić information content (AvgIpc) is 2.61. The Labute approximate surface area is 147 Å². The lowest BCUT2D eigenvalue weighted by molar-refractivity contribution is 0.577. The first-order valence-corrected chi connectivity index (χ1v) is 8.63. The maximum atomic E-state index is 4.82. The van der Waals surface area contributed by atoms with Gasteiger partial charge in [-0.15, -0.1) is 0 Å². The lowest BCUT2D eigenvalue weighted by Gasteiger charge is -2.48. The summed E-state index contributed by atoms with van der Waals surface area (Å²) in [5, 5.41) is 0. The van der Waals surface area contributed by atoms with Gasteiger partial charge in [0.2, 0.25) is 0 Å². The molecular weight excluding hydrogens is 308 g/mol. The van der Waals surface area contributed by atoms with Crippen LogP contribution in [0.25, 0.3) is 0 Å². The van der Waals surface area contributed by atoms with Crippen LogP contribution in [0.3, 0.4) is 0 Å². The van der Waals surface area contributed by atoms with Gasteiger partial charge in [-0.1, -0.05) is 13.8 Å². The van der Waals surface area contributed by atoms with Gasteiger partial charge in [-0.25, -0.2) is 0 Å². The third-order valence-corrected chi connectivity index (χ3v) is 5.84. The van der Waals surface area contributed by atoms with Crippen LogP contribution in [0.15, 0.2) is 49.2 Å². The molecule has 4 nitrogen and oxygen atoms in total. The minimum Gasteiger partial charge on any atom is -0.307 e. The number of fused-ring (bicyclic) bond motifs is 4. The minimum absolute atomic E-state index is 0.117. The summed E-state index contributed by atoms with van der Waals surface area (Å²) in [5.41, 5.74) is 8.13. The molecule has 0 unspecified atom stereocenters. The second kappa shape index (κ2) is 4.45. The van der Waals surface area contributed by atoms with Crippen LogP contribution in [0.1, 0.15) is 50.1 Å². The third kappa shape index (κ3) is 1.64. The molecule has 0 bridgehead atoms. The van der Waals surface area contributed by atoms with Crippen LogP contribution in [-0.2, 0) is 10.8 Å². The zero-order valence-electron chi connectivity index (χ0n) is 14.9. The van der Waals surface area contributed by atoms with Crippen molar-refractivity contribution in [1.82, 2.24) is 15.0 Å². The largest absolute Gasteiger partial charge is 0.307 e. The third-order valence-electron chi connectivity index (χ3n) is 5.84. The Morgan fingerprint density at radius 3 is 1.96 bits per heavy atom. The second-order valence-electron chi connectivity index (χ2n) is 7.93. The predicted molar refractivity (Wildman–Crippen MR) is 98.8 cm³/mol. The van der Waals surface area contributed by atoms with Gasteiger partial charge in [-0.05, 0) is 37.6 Å². The standard InChI is InChI=1S/C21H20N4/c1-20(2)13-5-10-24-19-18(13)25(16-6-8-22-11-14(16)20)17-7-9-23-12-15(17)21(19,3)4/h5-12H,1-4H3. The quantitative estimate of drug-likeness (QED) is 0.604. The van der Waals surface area contributed by atoms with Gasteiger partial charge < -0.3 is 4.90 Å². The summed E-state index contributed by atoms with van der Waals surface area (Å²) in [6.07, 6.45) is 9.66. The van der Waals surface area contributed by atoms with E-state index in [1.54, 1.807) is 0 Å². The smallest absolute Gasteiger partial charge is 0.0748 e. The van der Waals surface area contributed by atoms with Crippen LogP contribution >= 0.6 is 0 Å². The summed E-state index contributed by atoms with van der Waals surface area (Å²) in [6.45, 7) is 9.02. The van der Waals surface area contributed by atoms with Gasteiger partial charge in [0.05, 0.1) is 22.8 Å². The summed E-state index contributed by atoms with van der Waals surface area (Å²) in [6, 6.07) is 6.38. The second-order valence-corrected chi connectivity index (χ2v) is 7.93. The summed E-state index contributed by atoms with van der Waals surface area (Å²) < 4.78 is 0. The number of rotatable bonds is 0. The van der Waals surface area contributed by atoms with Crippen molar-refractivity contribution in [2.45, 2.75) is 38.5 Å². The SMILES string of the molecule is CC1(C)c2cnccc2N2c3ccncc3C(C)(C)c3nccc1c32. The zero-order valence-corrected chi connectivity index (χ0v) is 14.9. The zero-order chi connectivity index (χ0) is 17.4. The molecule has 124 valence electrons. The number of nitrogens with zero attached hydrogens (tertiary/aromatic N) is 4. The molecule has 0 radical (unpaired) electrons. The van der Waals surface area contributed by atoms with Crippen molar-refractivity contribution in [2.24, 2.45) is 0 Å². The highest BCUT2D eigenvalue weighted by Gasteiger charge is 2.46. The normalized spacial score (nSPS) is 18.2. The molecule has 25 heavy (non-hydrogen) atoms. The van der Waals surface area contributed by atoms with Gasteiger partial charge >= 0.3 is 0 Å². The fourth-order valence-corrected chi connectivity index (χ4v) is 4.41. The van der Waals surface area contributed by atoms with Crippen LogP contribution in [0, 0.1) is 0 Å². The molecule has 0 fully saturated rings. The Morgan fingerprint density at radius 1 is 0.720 bits per heavy atom. The van der Waals surface area contributed by atoms with Crippen molar-refractivity contribution in [2.75, 3.05) is 4.90 Å². The van der Waals surface area contributed by atoms with Crippen molar-refractivity contribution in [3.8, 4) is 0 Å². The van der Waals surface area contributed by atoms with Gasteiger partial charge in [-0.3, -0.25) is 15.0 Å². The van der Waals surface area contributed by atoms with Crippen molar-refractivity contribution >= 4 is 17.1 Å². The van der Waals surface area contributed by atoms with E-state index in [-0.39, 0.29) is 10.8 Å². The summed E-state index contributed by atoms with van der Waals surface area (Å²) >= 11 is 0. The topological polar surface area (TPSA) is 41.9 Å². The molecule has 0 atom stereocenters. The highest BCUT2D eigenvalue weighted by atomic mass is 15.2. The Morgan fingerprint density at radius 2 is 1.32 bits per heavy atom. The van der Waals surface area contributed by atoms with E-state index in [1.165, 1.54) is 33.8 Å². The first kappa shape index (κ1) is 14.6. The first-order chi connectivity index (χ1) is 11.9. The van der Waals surface area contributed by atoms with E-state index >= 15 is 0 Å². The summed E-state index contributed by atoms with van der Waals surface area (Å²) in [4.78, 5) is 16.0. The van der Waals surface area contributed by atoms with Crippen molar-refractivity contribution < 1.29 is 0 Å². The minimum atomic E-state index is -0.188. The van der Waals surface area contributed by atoms with Crippen LogP contribution in [0.2, 0.25) is 0 Å². The van der Waals surface area contributed by atoms with E-state index in [1.807, 2.05) is 31.0 Å². The van der Waals surface area contributed by atoms with Gasteiger partial charge in [0.1, 0.15) is 0 Å². The van der Waals surface area contributed by atoms with Crippen LogP contribution in [0.5, 0.6) is 0 Å². The maximum absolute atomic E-state index is 4.82. The van der Waals surface area contributed by atoms with E-state index in [0.717, 1.165) is 5.69 Å². The maximum Gasteiger partial charge on any atom is 0.0748 e. The Kier molecular flexibility index (Phi) is 2.60. The molecule has 0 saturated heterocycles. The van der Waals surface area contributed by atoms with Crippen LogP contribution < -0.4 is 4.90 Å². The summed E-state index contributed by atoms with van der Waals surface area (Å²) in [5.74, 6) is 0. The molecule has 0 aliphatic carbocycles. The van der Waals surface area contributed by atoms with Crippen LogP contribution in [-0.4, -0.2) is 15.0 Å². The molecule has 0 spiro atoms. The molecule has 0 saturated carbocycles. The summed E-state index contributed by atoms with van der Waals surface area (Å²) in [7, 11) is 0. The number of anilines is 3. The molecule has 0 N–H and O–H groups in total. The molecular formula is C21H20N4. The molecule has 3 aromatic rings. The average molecular weight is 328 g/mol. The Hall–Kier alpha value is -2.75. The fourth-order valence-electron chi connectivity index (χ4n) is 4.41. The van der Waals surface area contributed by atoms with Crippen molar-refractivity contribution in [1.29, 1.82) is 0 Å². The van der Waals surface area contributed by atoms with Gasteiger partial charge in [0.15, 0.2) is 0 Å². The van der Waals surface area contributed by atoms with E-state index < -0.39 is 0 Å². The monoisotopic (exact) mass is 328 g/mol. The Bertz CT molecular complexity index is 942. The number of hydrogen-bond donors (Lipinski definition) is 0. The van der Waals surface area contributed by atoms with Gasteiger partial charge in [0, 0.05) is 52.9 Å². The number of hydrogen-bond acceptors (Lipinski definition) is 4. The molecule has 2 aliphatic rings. The van der Waals surface area contributed by atoms with Gasteiger partial charge in [0.25, 0.3) is 0 Å². The first-order valence-electron chi connectivity index (χ1n) is 8.63. The molecule has 0 aromatic carbocycles. The number of pyridine rings is 3. The lowest BCUT2D eigenvalue weighted by atomic mass is 9.69. The molecule has 5 rings (SSSR count). The van der Waals surface area contributed by atoms with E-state index in [2.05, 4.69) is 60.8 Å². The van der Waals surface area contributed by atoms with E-state index in [9.17, 15) is 0 Å². The lowest BCUT2D eigenvalue weighted by Crippen LogP contribution is -2.38. The molecule has 4 heteroatoms. The Balaban J connectivity index is 1.97. The van der Waals surface area contributed by atoms with E-state index in [4.69, 9.17) is 4.98 Å². The van der Waals surface area contributed by atoms with Crippen LogP contribution in [0.4, 0.5) is 17.1 Å². The predicted octanol–water partition coefficient (Wildman–Crippen LogP) is 4.62. The molecule has 0 amide bonds. The highest BCUT2D eigenvalue weighted by Crippen LogP contribution is 2.58. The van der Waals surface area contributed by atoms with Gasteiger partial charge in [-0.2, -0.15) is 0 Å². The molecule has 3 aromatic heterocycles. The molecule has 5 heterocycles. The van der Waals surface area contributed by atoms with Crippen molar-refractivity contribution in [3.05, 3.63) is 71.6 Å². The molecule has 2 aliphatic heterocycles. The number of aromatic nitrogens is 3. The highest BCUT2D eigenvalue weighted by molar-refractivity contribution is 5.91. The van der Waals surface area contributed by atoms with Crippen molar-refractivity contribution in [3.63, 3.8) is 0 Å².